The van der Waals surface area contributed by atoms with Gasteiger partial charge in [0.1, 0.15) is 13.2 Å². The summed E-state index contributed by atoms with van der Waals surface area (Å²) in [5, 5.41) is 11.9. The van der Waals surface area contributed by atoms with Crippen LogP contribution in [-0.4, -0.2) is 82.3 Å². The predicted molar refractivity (Wildman–Crippen MR) is 407 cm³/mol. The first kappa shape index (κ1) is 89.6. The molecule has 0 amide bonds. The van der Waals surface area contributed by atoms with Crippen LogP contribution in [0.3, 0.4) is 0 Å². The number of unbranched alkanes of at least 4 members (excludes halogenated alkanes) is 26. The number of aliphatic carboxylic acids is 1. The number of rotatable bonds is 69. The van der Waals surface area contributed by atoms with Gasteiger partial charge in [0, 0.05) is 12.8 Å². The van der Waals surface area contributed by atoms with Crippen LogP contribution in [0, 0.1) is 0 Å². The predicted octanol–water partition coefficient (Wildman–Crippen LogP) is 23.2. The Morgan fingerprint density at radius 2 is 0.568 bits per heavy atom. The van der Waals surface area contributed by atoms with E-state index in [0.29, 0.717) is 17.4 Å². The second-order valence-corrected chi connectivity index (χ2v) is 26.2. The largest absolute Gasteiger partial charge is 0.545 e. The second-order valence-electron chi connectivity index (χ2n) is 26.2. The number of allylic oxidation sites excluding steroid dienone is 28. The number of hydrogen-bond donors (Lipinski definition) is 0. The fourth-order valence-electron chi connectivity index (χ4n) is 10.2. The molecule has 0 heterocycles. The zero-order valence-corrected chi connectivity index (χ0v) is 61.5. The number of carbonyl (C=O) groups excluding carboxylic acids is 3. The van der Waals surface area contributed by atoms with Crippen LogP contribution in [0.25, 0.3) is 0 Å². The molecule has 0 spiro atoms. The molecule has 538 valence electrons. The number of quaternary nitrogens is 1. The van der Waals surface area contributed by atoms with Gasteiger partial charge in [-0.25, -0.2) is 0 Å². The second kappa shape index (κ2) is 74.4. The van der Waals surface area contributed by atoms with Crippen molar-refractivity contribution in [3.05, 3.63) is 170 Å². The summed E-state index contributed by atoms with van der Waals surface area (Å²) in [7, 11) is 5.93. The van der Waals surface area contributed by atoms with E-state index in [2.05, 4.69) is 184 Å². The van der Waals surface area contributed by atoms with Gasteiger partial charge < -0.3 is 33.3 Å². The lowest BCUT2D eigenvalue weighted by atomic mass is 10.0. The van der Waals surface area contributed by atoms with Gasteiger partial charge in [0.25, 0.3) is 0 Å². The number of ether oxygens (including phenoxy) is 4. The molecule has 0 aromatic rings. The van der Waals surface area contributed by atoms with E-state index in [4.69, 9.17) is 18.9 Å². The summed E-state index contributed by atoms with van der Waals surface area (Å²) < 4.78 is 22.8. The van der Waals surface area contributed by atoms with Gasteiger partial charge in [-0.05, 0) is 128 Å². The molecular weight excluding hydrogens is 1170 g/mol. The number of carboxylic acid groups (broad SMARTS) is 1. The van der Waals surface area contributed by atoms with Crippen molar-refractivity contribution in [3.63, 3.8) is 0 Å². The van der Waals surface area contributed by atoms with Crippen LogP contribution in [0.1, 0.15) is 296 Å². The van der Waals surface area contributed by atoms with Crippen molar-refractivity contribution in [1.82, 2.24) is 0 Å². The Balaban J connectivity index is 4.11. The molecule has 0 aromatic heterocycles. The van der Waals surface area contributed by atoms with Gasteiger partial charge in [-0.1, -0.05) is 325 Å². The Morgan fingerprint density at radius 1 is 0.316 bits per heavy atom. The minimum absolute atomic E-state index is 0.140. The van der Waals surface area contributed by atoms with Crippen molar-refractivity contribution in [2.24, 2.45) is 0 Å². The van der Waals surface area contributed by atoms with Gasteiger partial charge in [-0.2, -0.15) is 0 Å². The molecule has 0 rings (SSSR count). The maximum atomic E-state index is 13.0. The Bertz CT molecular complexity index is 2170. The molecule has 0 saturated heterocycles. The van der Waals surface area contributed by atoms with Gasteiger partial charge in [-0.15, -0.1) is 0 Å². The third kappa shape index (κ3) is 75.9. The highest BCUT2D eigenvalue weighted by molar-refractivity contribution is 5.70. The maximum absolute atomic E-state index is 13.0. The van der Waals surface area contributed by atoms with Crippen LogP contribution in [0.5, 0.6) is 0 Å². The van der Waals surface area contributed by atoms with E-state index < -0.39 is 24.3 Å². The molecule has 9 heteroatoms. The number of likely N-dealkylation sites (N-methyl/N-ethyl adjacent to an activating group) is 1. The van der Waals surface area contributed by atoms with E-state index in [0.717, 1.165) is 141 Å². The van der Waals surface area contributed by atoms with Crippen LogP contribution >= 0.6 is 0 Å². The summed E-state index contributed by atoms with van der Waals surface area (Å²) in [6.45, 7) is 4.52. The molecule has 0 aromatic carbocycles. The Labute approximate surface area is 584 Å². The lowest BCUT2D eigenvalue weighted by molar-refractivity contribution is -0.870. The summed E-state index contributed by atoms with van der Waals surface area (Å²) in [5.74, 6) is -2.29. The number of hydrogen-bond acceptors (Lipinski definition) is 8. The number of nitrogens with zero attached hydrogens (tertiary/aromatic N) is 1. The molecule has 0 N–H and O–H groups in total. The highest BCUT2D eigenvalue weighted by Crippen LogP contribution is 2.17. The number of carbonyl (C=O) groups is 3. The van der Waals surface area contributed by atoms with Crippen LogP contribution in [0.2, 0.25) is 0 Å². The molecule has 2 unspecified atom stereocenters. The molecule has 0 radical (unpaired) electrons. The van der Waals surface area contributed by atoms with E-state index in [-0.39, 0.29) is 38.6 Å². The van der Waals surface area contributed by atoms with E-state index in [1.165, 1.54) is 122 Å². The lowest BCUT2D eigenvalue weighted by Gasteiger charge is -2.26. The van der Waals surface area contributed by atoms with E-state index >= 15 is 0 Å². The van der Waals surface area contributed by atoms with Crippen LogP contribution < -0.4 is 5.11 Å². The minimum Gasteiger partial charge on any atom is -0.545 e. The van der Waals surface area contributed by atoms with Gasteiger partial charge in [0.2, 0.25) is 0 Å². The molecule has 0 aliphatic carbocycles. The SMILES string of the molecule is CC/C=C\C/C=C\C/C=C\C/C=C\C/C=C\C/C=C\C/C=C\CCCCCCCCCCCCCCCCCC(=O)OC(COC(=O)CCCCCCCCCCCCC/C=C\C/C=C\C/C=C\C/C=C\C/C=C\C/C=C\C/C=C\CC)COC(OCC[N+](C)(C)C)C(=O)[O-]. The molecular formula is C86H141NO8. The van der Waals surface area contributed by atoms with E-state index in [1.807, 2.05) is 21.1 Å². The van der Waals surface area contributed by atoms with Crippen LogP contribution in [0.4, 0.5) is 0 Å². The lowest BCUT2D eigenvalue weighted by Crippen LogP contribution is -2.44. The van der Waals surface area contributed by atoms with Gasteiger partial charge in [-0.3, -0.25) is 9.59 Å². The fraction of sp³-hybridized carbons (Fsp3) is 0.640. The van der Waals surface area contributed by atoms with Gasteiger partial charge >= 0.3 is 11.9 Å². The van der Waals surface area contributed by atoms with E-state index in [9.17, 15) is 19.5 Å². The molecule has 2 atom stereocenters. The zero-order chi connectivity index (χ0) is 69.0. The summed E-state index contributed by atoms with van der Waals surface area (Å²) in [4.78, 5) is 37.6. The molecule has 0 aliphatic heterocycles. The average molecular weight is 1320 g/mol. The molecule has 0 fully saturated rings. The summed E-state index contributed by atoms with van der Waals surface area (Å²) in [5.41, 5.74) is 0. The molecule has 0 saturated carbocycles. The third-order valence-electron chi connectivity index (χ3n) is 16.0. The molecule has 0 bridgehead atoms. The molecule has 0 aliphatic rings. The smallest absolute Gasteiger partial charge is 0.306 e. The topological polar surface area (TPSA) is 111 Å². The summed E-state index contributed by atoms with van der Waals surface area (Å²) >= 11 is 0. The monoisotopic (exact) mass is 1320 g/mol. The van der Waals surface area contributed by atoms with Gasteiger partial charge in [0.05, 0.1) is 40.3 Å². The highest BCUT2D eigenvalue weighted by Gasteiger charge is 2.22. The Morgan fingerprint density at radius 3 is 0.842 bits per heavy atom. The number of carboxylic acids is 1. The molecule has 95 heavy (non-hydrogen) atoms. The first-order chi connectivity index (χ1) is 46.6. The minimum atomic E-state index is -1.63. The van der Waals surface area contributed by atoms with Gasteiger partial charge in [0.15, 0.2) is 12.4 Å². The van der Waals surface area contributed by atoms with E-state index in [1.54, 1.807) is 0 Å². The quantitative estimate of drug-likeness (QED) is 0.0195. The zero-order valence-electron chi connectivity index (χ0n) is 61.5. The summed E-state index contributed by atoms with van der Waals surface area (Å²) in [6, 6.07) is 0. The van der Waals surface area contributed by atoms with Crippen LogP contribution in [0.15, 0.2) is 170 Å². The number of esters is 2. The first-order valence-corrected chi connectivity index (χ1v) is 38.3. The maximum Gasteiger partial charge on any atom is 0.306 e. The standard InChI is InChI=1S/C86H141NO8/c1-6-8-10-12-14-16-18-20-22-24-26-28-30-32-34-36-38-40-41-42-43-45-47-49-51-53-55-57-59-61-63-65-67-69-71-73-75-77-84(89)95-82(81-94-86(85(90)91)92-79-78-87(3,4)5)80-93-83(88)76-74-72-70-68-66-64-62-60-58-56-54-52-50-48-46-44-39-37-35-33-31-29-27-25-23-21-19-17-15-13-11-9-7-2/h8-11,14-17,20-23,26-29,32-35,38-40,42-44,48,50,82,86H,6-7,12-13,18-19,24-25,30-31,36-37,41,45-47,49,51-81H2,1-5H3/b10-8-,11-9-,16-14-,17-15-,22-20-,23-21-,28-26-,29-27-,34-32-,35-33-,40-38-,43-42-,44-39-,50-48-. The van der Waals surface area contributed by atoms with Crippen molar-refractivity contribution < 1.29 is 42.9 Å². The summed E-state index contributed by atoms with van der Waals surface area (Å²) in [6.07, 6.45) is 109. The normalized spacial score (nSPS) is 13.7. The van der Waals surface area contributed by atoms with Crippen molar-refractivity contribution in [3.8, 4) is 0 Å². The Kier molecular flexibility index (Phi) is 70.2. The average Bonchev–Trinajstić information content (AvgIpc) is 3.75. The van der Waals surface area contributed by atoms with Crippen molar-refractivity contribution in [2.75, 3.05) is 47.5 Å². The van der Waals surface area contributed by atoms with Crippen molar-refractivity contribution >= 4 is 17.9 Å². The molecule has 9 nitrogen and oxygen atoms in total. The van der Waals surface area contributed by atoms with Crippen LogP contribution in [-0.2, 0) is 33.3 Å². The van der Waals surface area contributed by atoms with Crippen molar-refractivity contribution in [1.29, 1.82) is 0 Å². The fourth-order valence-corrected chi connectivity index (χ4v) is 10.2. The highest BCUT2D eigenvalue weighted by atomic mass is 16.7. The Hall–Kier alpha value is -5.35. The van der Waals surface area contributed by atoms with Crippen molar-refractivity contribution in [2.45, 2.75) is 309 Å². The first-order valence-electron chi connectivity index (χ1n) is 38.3. The third-order valence-corrected chi connectivity index (χ3v) is 16.0.